The Morgan fingerprint density at radius 1 is 1.26 bits per heavy atom. The fourth-order valence-electron chi connectivity index (χ4n) is 2.58. The highest BCUT2D eigenvalue weighted by Gasteiger charge is 2.19. The lowest BCUT2D eigenvalue weighted by molar-refractivity contribution is -0.125. The first-order valence-electron chi connectivity index (χ1n) is 7.17. The summed E-state index contributed by atoms with van der Waals surface area (Å²) >= 11 is 0. The number of carbonyl (C=O) groups excluding carboxylic acids is 1. The van der Waals surface area contributed by atoms with Gasteiger partial charge in [-0.15, -0.1) is 0 Å². The van der Waals surface area contributed by atoms with Crippen LogP contribution < -0.4 is 11.0 Å². The molecule has 0 unspecified atom stereocenters. The zero-order valence-corrected chi connectivity index (χ0v) is 11.2. The van der Waals surface area contributed by atoms with Gasteiger partial charge in [0.05, 0.1) is 0 Å². The Balaban J connectivity index is 1.64. The van der Waals surface area contributed by atoms with Gasteiger partial charge in [-0.1, -0.05) is 25.7 Å². The zero-order chi connectivity index (χ0) is 13.5. The van der Waals surface area contributed by atoms with Crippen molar-refractivity contribution < 1.29 is 4.79 Å². The first-order chi connectivity index (χ1) is 9.25. The Morgan fingerprint density at radius 2 is 2.00 bits per heavy atom. The molecular weight excluding hydrogens is 244 g/mol. The maximum Gasteiger partial charge on any atom is 0.340 e. The molecule has 1 fully saturated rings. The van der Waals surface area contributed by atoms with E-state index in [1.807, 2.05) is 0 Å². The normalized spacial score (nSPS) is 17.1. The second kappa shape index (κ2) is 7.11. The molecule has 3 N–H and O–H groups in total. The fraction of sp³-hybridized carbons (Fsp3) is 0.769. The summed E-state index contributed by atoms with van der Waals surface area (Å²) < 4.78 is 0. The number of hydrogen-bond acceptors (Lipinski definition) is 3. The Morgan fingerprint density at radius 3 is 2.63 bits per heavy atom. The molecule has 6 heteroatoms. The van der Waals surface area contributed by atoms with Gasteiger partial charge in [-0.05, 0) is 19.3 Å². The van der Waals surface area contributed by atoms with Crippen molar-refractivity contribution in [1.29, 1.82) is 0 Å². The third kappa shape index (κ3) is 4.54. The fourth-order valence-corrected chi connectivity index (χ4v) is 2.58. The quantitative estimate of drug-likeness (QED) is 0.551. The number of aromatic nitrogens is 3. The monoisotopic (exact) mass is 266 g/mol. The largest absolute Gasteiger partial charge is 0.356 e. The van der Waals surface area contributed by atoms with Crippen LogP contribution >= 0.6 is 0 Å². The molecule has 1 aliphatic rings. The average Bonchev–Trinajstić information content (AvgIpc) is 2.67. The summed E-state index contributed by atoms with van der Waals surface area (Å²) in [6.07, 6.45) is 8.38. The van der Waals surface area contributed by atoms with E-state index in [2.05, 4.69) is 20.5 Å². The predicted octanol–water partition coefficient (Wildman–Crippen LogP) is 1.12. The van der Waals surface area contributed by atoms with Crippen LogP contribution in [-0.2, 0) is 11.2 Å². The third-order valence-corrected chi connectivity index (χ3v) is 3.67. The van der Waals surface area contributed by atoms with Gasteiger partial charge in [-0.25, -0.2) is 9.89 Å². The molecule has 19 heavy (non-hydrogen) atoms. The van der Waals surface area contributed by atoms with Crippen molar-refractivity contribution >= 4 is 5.91 Å². The van der Waals surface area contributed by atoms with Crippen LogP contribution in [0.4, 0.5) is 0 Å². The first-order valence-corrected chi connectivity index (χ1v) is 7.17. The SMILES string of the molecule is O=C(NCCCc1n[nH]c(=O)[nH]1)C1CCCCCC1. The van der Waals surface area contributed by atoms with Crippen LogP contribution in [-0.4, -0.2) is 27.6 Å². The summed E-state index contributed by atoms with van der Waals surface area (Å²) in [6.45, 7) is 0.643. The van der Waals surface area contributed by atoms with Crippen molar-refractivity contribution in [2.45, 2.75) is 51.4 Å². The number of aryl methyl sites for hydroxylation is 1. The molecule has 1 saturated carbocycles. The van der Waals surface area contributed by atoms with Crippen LogP contribution in [0.1, 0.15) is 50.8 Å². The van der Waals surface area contributed by atoms with Crippen LogP contribution in [0.2, 0.25) is 0 Å². The van der Waals surface area contributed by atoms with E-state index in [0.29, 0.717) is 18.8 Å². The topological polar surface area (TPSA) is 90.6 Å². The number of H-pyrrole nitrogens is 2. The number of carbonyl (C=O) groups is 1. The lowest BCUT2D eigenvalue weighted by Crippen LogP contribution is -2.31. The molecule has 1 heterocycles. The number of amides is 1. The summed E-state index contributed by atoms with van der Waals surface area (Å²) in [5.41, 5.74) is -0.280. The van der Waals surface area contributed by atoms with E-state index < -0.39 is 0 Å². The van der Waals surface area contributed by atoms with Crippen molar-refractivity contribution in [2.75, 3.05) is 6.54 Å². The zero-order valence-electron chi connectivity index (χ0n) is 11.2. The summed E-state index contributed by atoms with van der Waals surface area (Å²) in [6, 6.07) is 0. The van der Waals surface area contributed by atoms with E-state index in [1.54, 1.807) is 0 Å². The van der Waals surface area contributed by atoms with Gasteiger partial charge in [0.25, 0.3) is 0 Å². The molecule has 1 aromatic heterocycles. The maximum atomic E-state index is 12.0. The number of hydrogen-bond donors (Lipinski definition) is 3. The molecule has 0 aliphatic heterocycles. The van der Waals surface area contributed by atoms with Crippen LogP contribution in [0.3, 0.4) is 0 Å². The summed E-state index contributed by atoms with van der Waals surface area (Å²) in [4.78, 5) is 25.4. The van der Waals surface area contributed by atoms with E-state index in [-0.39, 0.29) is 17.5 Å². The first kappa shape index (κ1) is 13.8. The Labute approximate surface area is 112 Å². The Bertz CT molecular complexity index is 443. The molecular formula is C13H22N4O2. The molecule has 0 spiro atoms. The van der Waals surface area contributed by atoms with E-state index in [1.165, 1.54) is 25.7 Å². The molecule has 1 aliphatic carbocycles. The van der Waals surface area contributed by atoms with Crippen LogP contribution in [0, 0.1) is 5.92 Å². The van der Waals surface area contributed by atoms with Gasteiger partial charge in [-0.3, -0.25) is 9.78 Å². The van der Waals surface area contributed by atoms with Crippen molar-refractivity contribution in [3.05, 3.63) is 16.3 Å². The minimum atomic E-state index is -0.280. The molecule has 106 valence electrons. The number of nitrogens with zero attached hydrogens (tertiary/aromatic N) is 1. The Kier molecular flexibility index (Phi) is 5.18. The van der Waals surface area contributed by atoms with Crippen LogP contribution in [0.15, 0.2) is 4.79 Å². The molecule has 1 amide bonds. The number of aromatic amines is 2. The van der Waals surface area contributed by atoms with Crippen molar-refractivity contribution in [1.82, 2.24) is 20.5 Å². The highest BCUT2D eigenvalue weighted by Crippen LogP contribution is 2.22. The van der Waals surface area contributed by atoms with Crippen molar-refractivity contribution in [2.24, 2.45) is 5.92 Å². The maximum absolute atomic E-state index is 12.0. The minimum Gasteiger partial charge on any atom is -0.356 e. The molecule has 0 saturated heterocycles. The molecule has 1 aromatic rings. The third-order valence-electron chi connectivity index (χ3n) is 3.67. The van der Waals surface area contributed by atoms with E-state index in [9.17, 15) is 9.59 Å². The summed E-state index contributed by atoms with van der Waals surface area (Å²) in [5.74, 6) is 1.04. The summed E-state index contributed by atoms with van der Waals surface area (Å²) in [7, 11) is 0. The number of rotatable bonds is 5. The average molecular weight is 266 g/mol. The minimum absolute atomic E-state index is 0.192. The molecule has 0 aromatic carbocycles. The highest BCUT2D eigenvalue weighted by molar-refractivity contribution is 5.78. The molecule has 0 radical (unpaired) electrons. The molecule has 0 bridgehead atoms. The van der Waals surface area contributed by atoms with Gasteiger partial charge < -0.3 is 5.32 Å². The second-order valence-electron chi connectivity index (χ2n) is 5.21. The van der Waals surface area contributed by atoms with Gasteiger partial charge in [0.15, 0.2) is 0 Å². The van der Waals surface area contributed by atoms with E-state index in [0.717, 1.165) is 19.3 Å². The second-order valence-corrected chi connectivity index (χ2v) is 5.21. The molecule has 6 nitrogen and oxygen atoms in total. The van der Waals surface area contributed by atoms with Crippen LogP contribution in [0.25, 0.3) is 0 Å². The Hall–Kier alpha value is -1.59. The molecule has 0 atom stereocenters. The van der Waals surface area contributed by atoms with Gasteiger partial charge in [0, 0.05) is 18.9 Å². The smallest absolute Gasteiger partial charge is 0.340 e. The molecule has 2 rings (SSSR count). The standard InChI is InChI=1S/C13H22N4O2/c18-12(10-6-3-1-2-4-7-10)14-9-5-8-11-15-13(19)17-16-11/h10H,1-9H2,(H,14,18)(H2,15,16,17,19). The lowest BCUT2D eigenvalue weighted by Gasteiger charge is -2.13. The summed E-state index contributed by atoms with van der Waals surface area (Å²) in [5, 5.41) is 9.15. The van der Waals surface area contributed by atoms with E-state index in [4.69, 9.17) is 0 Å². The number of nitrogens with one attached hydrogen (secondary N) is 3. The van der Waals surface area contributed by atoms with Crippen LogP contribution in [0.5, 0.6) is 0 Å². The van der Waals surface area contributed by atoms with Gasteiger partial charge >= 0.3 is 5.69 Å². The van der Waals surface area contributed by atoms with Gasteiger partial charge in [0.1, 0.15) is 5.82 Å². The van der Waals surface area contributed by atoms with Gasteiger partial charge in [-0.2, -0.15) is 5.10 Å². The van der Waals surface area contributed by atoms with Crippen molar-refractivity contribution in [3.63, 3.8) is 0 Å². The van der Waals surface area contributed by atoms with Crippen molar-refractivity contribution in [3.8, 4) is 0 Å². The van der Waals surface area contributed by atoms with Gasteiger partial charge in [0.2, 0.25) is 5.91 Å². The lowest BCUT2D eigenvalue weighted by atomic mass is 9.99. The van der Waals surface area contributed by atoms with E-state index >= 15 is 0 Å². The highest BCUT2D eigenvalue weighted by atomic mass is 16.2. The predicted molar refractivity (Wildman–Crippen MR) is 71.7 cm³/mol.